The number of benzene rings is 4. The van der Waals surface area contributed by atoms with Gasteiger partial charge < -0.3 is 4.57 Å². The van der Waals surface area contributed by atoms with Crippen LogP contribution in [0.1, 0.15) is 0 Å². The van der Waals surface area contributed by atoms with Gasteiger partial charge in [-0.3, -0.25) is 0 Å². The third-order valence-corrected chi connectivity index (χ3v) is 5.12. The first-order valence-corrected chi connectivity index (χ1v) is 9.04. The van der Waals surface area contributed by atoms with Crippen molar-refractivity contribution in [1.29, 1.82) is 0 Å². The summed E-state index contributed by atoms with van der Waals surface area (Å²) in [5, 5.41) is 4.54. The molecule has 1 nitrogen and oxygen atoms in total. The van der Waals surface area contributed by atoms with Crippen LogP contribution in [0.15, 0.2) is 97.1 Å². The van der Waals surface area contributed by atoms with Crippen LogP contribution in [0.3, 0.4) is 0 Å². The summed E-state index contributed by atoms with van der Waals surface area (Å²) in [6.07, 6.45) is 0. The monoisotopic (exact) mass is 353 g/mol. The molecule has 26 heavy (non-hydrogen) atoms. The Balaban J connectivity index is 1.90. The Bertz CT molecular complexity index is 1220. The molecule has 0 aliphatic heterocycles. The molecule has 0 atom stereocenters. The van der Waals surface area contributed by atoms with Crippen molar-refractivity contribution in [2.45, 2.75) is 0 Å². The summed E-state index contributed by atoms with van der Waals surface area (Å²) in [5.41, 5.74) is 4.68. The molecule has 0 radical (unpaired) electrons. The van der Waals surface area contributed by atoms with Gasteiger partial charge in [-0.15, -0.1) is 0 Å². The van der Waals surface area contributed by atoms with Crippen molar-refractivity contribution < 1.29 is 0 Å². The Hall–Kier alpha value is -3.03. The van der Waals surface area contributed by atoms with Gasteiger partial charge in [0.25, 0.3) is 0 Å². The number of hydrogen-bond donors (Lipinski definition) is 0. The highest BCUT2D eigenvalue weighted by Crippen LogP contribution is 2.35. The highest BCUT2D eigenvalue weighted by Gasteiger charge is 2.14. The predicted octanol–water partition coefficient (Wildman–Crippen LogP) is 7.10. The molecule has 5 rings (SSSR count). The van der Waals surface area contributed by atoms with E-state index in [1.807, 2.05) is 18.2 Å². The van der Waals surface area contributed by atoms with Crippen molar-refractivity contribution in [3.8, 4) is 16.9 Å². The number of fused-ring (bicyclic) bond motifs is 3. The second-order valence-corrected chi connectivity index (χ2v) is 6.86. The number of para-hydroxylation sites is 1. The normalized spacial score (nSPS) is 11.3. The van der Waals surface area contributed by atoms with Crippen molar-refractivity contribution in [2.24, 2.45) is 0 Å². The van der Waals surface area contributed by atoms with Crippen LogP contribution < -0.4 is 0 Å². The molecule has 2 heteroatoms. The molecule has 124 valence electrons. The first-order chi connectivity index (χ1) is 12.8. The quantitative estimate of drug-likeness (QED) is 0.319. The standard InChI is InChI=1S/C24H16ClN/c25-19-13-10-18(11-14-19)24-16-22-21-9-5-4-6-17(21)12-15-23(22)26(24)20-7-2-1-3-8-20/h1-16H. The molecule has 1 heterocycles. The lowest BCUT2D eigenvalue weighted by Crippen LogP contribution is -1.96. The van der Waals surface area contributed by atoms with Gasteiger partial charge >= 0.3 is 0 Å². The van der Waals surface area contributed by atoms with E-state index in [9.17, 15) is 0 Å². The Kier molecular flexibility index (Phi) is 3.55. The van der Waals surface area contributed by atoms with Crippen LogP contribution in [0, 0.1) is 0 Å². The summed E-state index contributed by atoms with van der Waals surface area (Å²) < 4.78 is 2.32. The summed E-state index contributed by atoms with van der Waals surface area (Å²) in [5.74, 6) is 0. The predicted molar refractivity (Wildman–Crippen MR) is 111 cm³/mol. The Morgan fingerprint density at radius 1 is 0.615 bits per heavy atom. The number of rotatable bonds is 2. The van der Waals surface area contributed by atoms with Crippen LogP contribution in [0.25, 0.3) is 38.6 Å². The number of hydrogen-bond acceptors (Lipinski definition) is 0. The fraction of sp³-hybridized carbons (Fsp3) is 0. The van der Waals surface area contributed by atoms with Crippen molar-refractivity contribution in [3.05, 3.63) is 102 Å². The van der Waals surface area contributed by atoms with E-state index in [0.29, 0.717) is 0 Å². The zero-order valence-corrected chi connectivity index (χ0v) is 14.8. The molecular formula is C24H16ClN. The molecule has 0 aliphatic rings. The SMILES string of the molecule is Clc1ccc(-c2cc3c4ccccc4ccc3n2-c2ccccc2)cc1. The van der Waals surface area contributed by atoms with E-state index in [1.54, 1.807) is 0 Å². The number of nitrogens with zero attached hydrogens (tertiary/aromatic N) is 1. The molecule has 0 fully saturated rings. The number of aromatic nitrogens is 1. The van der Waals surface area contributed by atoms with Crippen LogP contribution >= 0.6 is 11.6 Å². The Morgan fingerprint density at radius 3 is 2.15 bits per heavy atom. The maximum atomic E-state index is 6.11. The molecule has 0 saturated heterocycles. The van der Waals surface area contributed by atoms with E-state index in [-0.39, 0.29) is 0 Å². The maximum absolute atomic E-state index is 6.11. The Morgan fingerprint density at radius 2 is 1.35 bits per heavy atom. The third-order valence-electron chi connectivity index (χ3n) is 4.86. The van der Waals surface area contributed by atoms with Crippen LogP contribution in [-0.2, 0) is 0 Å². The molecule has 0 saturated carbocycles. The Labute approximate surface area is 157 Å². The molecule has 0 bridgehead atoms. The molecule has 0 spiro atoms. The van der Waals surface area contributed by atoms with E-state index in [4.69, 9.17) is 11.6 Å². The number of halogens is 1. The van der Waals surface area contributed by atoms with E-state index in [0.717, 1.165) is 16.3 Å². The van der Waals surface area contributed by atoms with Gasteiger partial charge in [-0.05, 0) is 52.7 Å². The van der Waals surface area contributed by atoms with Gasteiger partial charge in [0.15, 0.2) is 0 Å². The average molecular weight is 354 g/mol. The highest BCUT2D eigenvalue weighted by atomic mass is 35.5. The minimum absolute atomic E-state index is 0.751. The molecular weight excluding hydrogens is 338 g/mol. The summed E-state index contributed by atoms with van der Waals surface area (Å²) in [7, 11) is 0. The average Bonchev–Trinajstić information content (AvgIpc) is 3.09. The minimum atomic E-state index is 0.751. The largest absolute Gasteiger partial charge is 0.309 e. The molecule has 4 aromatic carbocycles. The van der Waals surface area contributed by atoms with Gasteiger partial charge in [-0.2, -0.15) is 0 Å². The first-order valence-electron chi connectivity index (χ1n) is 8.66. The zero-order chi connectivity index (χ0) is 17.5. The lowest BCUT2D eigenvalue weighted by atomic mass is 10.1. The summed E-state index contributed by atoms with van der Waals surface area (Å²) in [6.45, 7) is 0. The van der Waals surface area contributed by atoms with E-state index < -0.39 is 0 Å². The first kappa shape index (κ1) is 15.2. The van der Waals surface area contributed by atoms with Gasteiger partial charge in [0.2, 0.25) is 0 Å². The lowest BCUT2D eigenvalue weighted by Gasteiger charge is -2.11. The van der Waals surface area contributed by atoms with Crippen LogP contribution in [0.2, 0.25) is 5.02 Å². The van der Waals surface area contributed by atoms with E-state index >= 15 is 0 Å². The van der Waals surface area contributed by atoms with Crippen LogP contribution in [-0.4, -0.2) is 4.57 Å². The molecule has 5 aromatic rings. The second kappa shape index (κ2) is 6.05. The molecule has 0 aliphatic carbocycles. The summed E-state index contributed by atoms with van der Waals surface area (Å²) in [4.78, 5) is 0. The lowest BCUT2D eigenvalue weighted by molar-refractivity contribution is 1.13. The fourth-order valence-electron chi connectivity index (χ4n) is 3.65. The van der Waals surface area contributed by atoms with Gasteiger partial charge in [0.05, 0.1) is 11.2 Å². The topological polar surface area (TPSA) is 4.93 Å². The minimum Gasteiger partial charge on any atom is -0.309 e. The van der Waals surface area contributed by atoms with Crippen molar-refractivity contribution in [3.63, 3.8) is 0 Å². The summed E-state index contributed by atoms with van der Waals surface area (Å²) in [6, 6.07) is 33.8. The van der Waals surface area contributed by atoms with Crippen molar-refractivity contribution in [2.75, 3.05) is 0 Å². The van der Waals surface area contributed by atoms with Crippen molar-refractivity contribution in [1.82, 2.24) is 4.57 Å². The van der Waals surface area contributed by atoms with E-state index in [2.05, 4.69) is 83.4 Å². The molecule has 1 aromatic heterocycles. The maximum Gasteiger partial charge on any atom is 0.0541 e. The van der Waals surface area contributed by atoms with Crippen LogP contribution in [0.5, 0.6) is 0 Å². The van der Waals surface area contributed by atoms with Crippen LogP contribution in [0.4, 0.5) is 0 Å². The molecule has 0 amide bonds. The fourth-order valence-corrected chi connectivity index (χ4v) is 3.78. The third kappa shape index (κ3) is 2.40. The van der Waals surface area contributed by atoms with Crippen molar-refractivity contribution >= 4 is 33.3 Å². The van der Waals surface area contributed by atoms with Gasteiger partial charge in [-0.1, -0.05) is 72.3 Å². The van der Waals surface area contributed by atoms with Gasteiger partial charge in [0.1, 0.15) is 0 Å². The van der Waals surface area contributed by atoms with Gasteiger partial charge in [0, 0.05) is 16.1 Å². The zero-order valence-electron chi connectivity index (χ0n) is 14.1. The van der Waals surface area contributed by atoms with E-state index in [1.165, 1.54) is 27.4 Å². The highest BCUT2D eigenvalue weighted by molar-refractivity contribution is 6.30. The van der Waals surface area contributed by atoms with Gasteiger partial charge in [-0.25, -0.2) is 0 Å². The second-order valence-electron chi connectivity index (χ2n) is 6.43. The molecule has 0 N–H and O–H groups in total. The summed E-state index contributed by atoms with van der Waals surface area (Å²) >= 11 is 6.11. The smallest absolute Gasteiger partial charge is 0.0541 e. The molecule has 0 unspecified atom stereocenters.